The van der Waals surface area contributed by atoms with E-state index in [4.69, 9.17) is 4.74 Å². The van der Waals surface area contributed by atoms with Crippen molar-refractivity contribution < 1.29 is 22.7 Å². The molecule has 0 aliphatic carbocycles. The molecule has 1 saturated heterocycles. The molecule has 0 unspecified atom stereocenters. The van der Waals surface area contributed by atoms with Crippen molar-refractivity contribution in [1.29, 1.82) is 0 Å². The highest BCUT2D eigenvalue weighted by atomic mass is 32.2. The second-order valence-corrected chi connectivity index (χ2v) is 8.05. The second-order valence-electron chi connectivity index (χ2n) is 6.24. The number of carbonyl (C=O) groups is 2. The van der Waals surface area contributed by atoms with Crippen LogP contribution in [0.25, 0.3) is 0 Å². The van der Waals surface area contributed by atoms with E-state index < -0.39 is 27.9 Å². The van der Waals surface area contributed by atoms with Crippen molar-refractivity contribution in [2.24, 2.45) is 0 Å². The van der Waals surface area contributed by atoms with Gasteiger partial charge in [0.1, 0.15) is 11.8 Å². The molecule has 8 heteroatoms. The molecule has 1 N–H and O–H groups in total. The van der Waals surface area contributed by atoms with Crippen molar-refractivity contribution in [2.75, 3.05) is 12.4 Å². The van der Waals surface area contributed by atoms with Gasteiger partial charge in [0.25, 0.3) is 10.0 Å². The first-order valence-corrected chi connectivity index (χ1v) is 9.86. The summed E-state index contributed by atoms with van der Waals surface area (Å²) >= 11 is 0. The Hall–Kier alpha value is -2.87. The van der Waals surface area contributed by atoms with Crippen LogP contribution in [-0.4, -0.2) is 37.7 Å². The predicted molar refractivity (Wildman–Crippen MR) is 99.9 cm³/mol. The standard InChI is InChI=1S/C19H20N2O5S/c1-13-12-15(8-10-17(13)26-2)27(24,25)21-16(9-11-18(21)22)19(23)20-14-6-4-3-5-7-14/h3-8,10,12,16H,9,11H2,1-2H3,(H,20,23)/t16-/m1/s1. The molecule has 1 heterocycles. The number of anilines is 1. The summed E-state index contributed by atoms with van der Waals surface area (Å²) in [7, 11) is -2.66. The topological polar surface area (TPSA) is 92.8 Å². The van der Waals surface area contributed by atoms with Crippen molar-refractivity contribution in [2.45, 2.75) is 30.7 Å². The Morgan fingerprint density at radius 3 is 2.52 bits per heavy atom. The van der Waals surface area contributed by atoms with Crippen LogP contribution in [0.15, 0.2) is 53.4 Å². The van der Waals surface area contributed by atoms with E-state index in [1.807, 2.05) is 0 Å². The summed E-state index contributed by atoms with van der Waals surface area (Å²) in [5, 5.41) is 2.67. The van der Waals surface area contributed by atoms with Gasteiger partial charge in [0, 0.05) is 12.1 Å². The molecule has 0 radical (unpaired) electrons. The summed E-state index contributed by atoms with van der Waals surface area (Å²) in [6.45, 7) is 1.71. The fourth-order valence-corrected chi connectivity index (χ4v) is 4.76. The first kappa shape index (κ1) is 18.9. The largest absolute Gasteiger partial charge is 0.496 e. The Morgan fingerprint density at radius 1 is 1.19 bits per heavy atom. The molecule has 0 spiro atoms. The number of hydrogen-bond donors (Lipinski definition) is 1. The van der Waals surface area contributed by atoms with Crippen LogP contribution in [-0.2, 0) is 19.6 Å². The molecule has 2 aromatic rings. The Labute approximate surface area is 158 Å². The lowest BCUT2D eigenvalue weighted by Crippen LogP contribution is -2.45. The lowest BCUT2D eigenvalue weighted by atomic mass is 10.2. The average Bonchev–Trinajstić information content (AvgIpc) is 3.05. The van der Waals surface area contributed by atoms with E-state index in [-0.39, 0.29) is 17.7 Å². The number of ether oxygens (including phenoxy) is 1. The fourth-order valence-electron chi connectivity index (χ4n) is 3.07. The minimum atomic E-state index is -4.15. The Balaban J connectivity index is 1.91. The average molecular weight is 388 g/mol. The highest BCUT2D eigenvalue weighted by Gasteiger charge is 2.44. The van der Waals surface area contributed by atoms with E-state index in [9.17, 15) is 18.0 Å². The summed E-state index contributed by atoms with van der Waals surface area (Å²) in [6, 6.07) is 12.0. The van der Waals surface area contributed by atoms with Gasteiger partial charge in [-0.25, -0.2) is 12.7 Å². The highest BCUT2D eigenvalue weighted by Crippen LogP contribution is 2.30. The van der Waals surface area contributed by atoms with Gasteiger partial charge in [0.15, 0.2) is 0 Å². The zero-order chi connectivity index (χ0) is 19.6. The molecule has 2 aromatic carbocycles. The van der Waals surface area contributed by atoms with Crippen LogP contribution >= 0.6 is 0 Å². The number of nitrogens with zero attached hydrogens (tertiary/aromatic N) is 1. The SMILES string of the molecule is COc1ccc(S(=O)(=O)N2C(=O)CC[C@@H]2C(=O)Nc2ccccc2)cc1C. The molecular formula is C19H20N2O5S. The Kier molecular flexibility index (Phi) is 5.18. The number of methoxy groups -OCH3 is 1. The van der Waals surface area contributed by atoms with Crippen LogP contribution in [0.1, 0.15) is 18.4 Å². The van der Waals surface area contributed by atoms with E-state index in [0.717, 1.165) is 0 Å². The summed E-state index contributed by atoms with van der Waals surface area (Å²) in [5.41, 5.74) is 1.16. The molecule has 3 rings (SSSR count). The van der Waals surface area contributed by atoms with Crippen LogP contribution in [0, 0.1) is 6.92 Å². The lowest BCUT2D eigenvalue weighted by Gasteiger charge is -2.24. The van der Waals surface area contributed by atoms with E-state index in [1.165, 1.54) is 25.3 Å². The summed E-state index contributed by atoms with van der Waals surface area (Å²) in [4.78, 5) is 24.9. The van der Waals surface area contributed by atoms with E-state index >= 15 is 0 Å². The summed E-state index contributed by atoms with van der Waals surface area (Å²) in [5.74, 6) is -0.572. The van der Waals surface area contributed by atoms with Gasteiger partial charge < -0.3 is 10.1 Å². The molecule has 0 saturated carbocycles. The van der Waals surface area contributed by atoms with Crippen LogP contribution in [0.3, 0.4) is 0 Å². The molecule has 1 aliphatic rings. The van der Waals surface area contributed by atoms with Crippen LogP contribution in [0.5, 0.6) is 5.75 Å². The number of benzene rings is 2. The monoisotopic (exact) mass is 388 g/mol. The first-order valence-electron chi connectivity index (χ1n) is 8.42. The number of carbonyl (C=O) groups excluding carboxylic acids is 2. The minimum Gasteiger partial charge on any atom is -0.496 e. The lowest BCUT2D eigenvalue weighted by molar-refractivity contribution is -0.128. The van der Waals surface area contributed by atoms with Crippen LogP contribution in [0.2, 0.25) is 0 Å². The number of amides is 2. The zero-order valence-electron chi connectivity index (χ0n) is 15.0. The van der Waals surface area contributed by atoms with Gasteiger partial charge in [-0.3, -0.25) is 9.59 Å². The second kappa shape index (κ2) is 7.40. The van der Waals surface area contributed by atoms with Gasteiger partial charge in [0.2, 0.25) is 11.8 Å². The number of aryl methyl sites for hydroxylation is 1. The van der Waals surface area contributed by atoms with E-state index in [1.54, 1.807) is 37.3 Å². The third-order valence-electron chi connectivity index (χ3n) is 4.43. The maximum absolute atomic E-state index is 13.0. The van der Waals surface area contributed by atoms with E-state index in [2.05, 4.69) is 5.32 Å². The molecule has 0 bridgehead atoms. The quantitative estimate of drug-likeness (QED) is 0.849. The van der Waals surface area contributed by atoms with Gasteiger partial charge in [-0.05, 0) is 49.2 Å². The Morgan fingerprint density at radius 2 is 1.89 bits per heavy atom. The maximum Gasteiger partial charge on any atom is 0.267 e. The van der Waals surface area contributed by atoms with Gasteiger partial charge in [0.05, 0.1) is 12.0 Å². The van der Waals surface area contributed by atoms with Crippen molar-refractivity contribution in [3.05, 3.63) is 54.1 Å². The fraction of sp³-hybridized carbons (Fsp3) is 0.263. The number of para-hydroxylation sites is 1. The van der Waals surface area contributed by atoms with Gasteiger partial charge in [-0.15, -0.1) is 0 Å². The molecular weight excluding hydrogens is 368 g/mol. The summed E-state index contributed by atoms with van der Waals surface area (Å²) < 4.78 is 31.9. The predicted octanol–water partition coefficient (Wildman–Crippen LogP) is 2.32. The number of sulfonamides is 1. The van der Waals surface area contributed by atoms with Crippen molar-refractivity contribution in [3.63, 3.8) is 0 Å². The van der Waals surface area contributed by atoms with E-state index in [0.29, 0.717) is 21.3 Å². The Bertz CT molecular complexity index is 973. The number of hydrogen-bond acceptors (Lipinski definition) is 5. The van der Waals surface area contributed by atoms with Gasteiger partial charge in [-0.2, -0.15) is 0 Å². The number of nitrogens with one attached hydrogen (secondary N) is 1. The summed E-state index contributed by atoms with van der Waals surface area (Å²) in [6.07, 6.45) is 0.146. The third-order valence-corrected chi connectivity index (χ3v) is 6.25. The molecule has 142 valence electrons. The molecule has 27 heavy (non-hydrogen) atoms. The normalized spacial score (nSPS) is 17.0. The first-order chi connectivity index (χ1) is 12.8. The van der Waals surface area contributed by atoms with Gasteiger partial charge in [-0.1, -0.05) is 18.2 Å². The smallest absolute Gasteiger partial charge is 0.267 e. The highest BCUT2D eigenvalue weighted by molar-refractivity contribution is 7.89. The minimum absolute atomic E-state index is 0.00123. The van der Waals surface area contributed by atoms with Crippen molar-refractivity contribution in [1.82, 2.24) is 4.31 Å². The molecule has 1 atom stereocenters. The van der Waals surface area contributed by atoms with Crippen LogP contribution < -0.4 is 10.1 Å². The zero-order valence-corrected chi connectivity index (χ0v) is 15.8. The maximum atomic E-state index is 13.0. The molecule has 0 aromatic heterocycles. The number of rotatable bonds is 5. The van der Waals surface area contributed by atoms with Gasteiger partial charge >= 0.3 is 0 Å². The molecule has 2 amide bonds. The molecule has 7 nitrogen and oxygen atoms in total. The van der Waals surface area contributed by atoms with Crippen molar-refractivity contribution >= 4 is 27.5 Å². The third kappa shape index (κ3) is 3.66. The molecule has 1 fully saturated rings. The van der Waals surface area contributed by atoms with Crippen molar-refractivity contribution in [3.8, 4) is 5.75 Å². The molecule has 1 aliphatic heterocycles. The van der Waals surface area contributed by atoms with Crippen LogP contribution in [0.4, 0.5) is 5.69 Å².